The first kappa shape index (κ1) is 16.4. The molecular weight excluding hydrogens is 308 g/mol. The summed E-state index contributed by atoms with van der Waals surface area (Å²) in [5, 5.41) is 7.33. The van der Waals surface area contributed by atoms with Crippen molar-refractivity contribution in [3.8, 4) is 0 Å². The highest BCUT2D eigenvalue weighted by molar-refractivity contribution is 5.94. The summed E-state index contributed by atoms with van der Waals surface area (Å²) in [6.07, 6.45) is 0.603. The molecule has 0 bridgehead atoms. The van der Waals surface area contributed by atoms with Crippen LogP contribution in [0, 0.1) is 6.92 Å². The number of carbonyl (C=O) groups excluding carboxylic acids is 1. The lowest BCUT2D eigenvalue weighted by Gasteiger charge is -2.24. The Labute approximate surface area is 140 Å². The molecule has 0 spiro atoms. The number of nitrogens with one attached hydrogen (secondary N) is 2. The van der Waals surface area contributed by atoms with Gasteiger partial charge in [0, 0.05) is 37.3 Å². The van der Waals surface area contributed by atoms with E-state index in [4.69, 9.17) is 4.74 Å². The fourth-order valence-corrected chi connectivity index (χ4v) is 3.27. The second-order valence-electron chi connectivity index (χ2n) is 6.35. The third kappa shape index (κ3) is 3.12. The number of nitrogens with zero attached hydrogens (tertiary/aromatic N) is 2. The number of pyridine rings is 1. The van der Waals surface area contributed by atoms with Crippen molar-refractivity contribution in [1.82, 2.24) is 20.1 Å². The summed E-state index contributed by atoms with van der Waals surface area (Å²) >= 11 is 0. The van der Waals surface area contributed by atoms with Gasteiger partial charge in [-0.1, -0.05) is 0 Å². The molecule has 0 aliphatic carbocycles. The molecule has 0 fully saturated rings. The summed E-state index contributed by atoms with van der Waals surface area (Å²) in [6.45, 7) is 6.05. The maximum Gasteiger partial charge on any atom is 0.270 e. The lowest BCUT2D eigenvalue weighted by molar-refractivity contribution is -0.00710. The van der Waals surface area contributed by atoms with Crippen LogP contribution in [0.5, 0.6) is 0 Å². The van der Waals surface area contributed by atoms with Crippen LogP contribution >= 0.6 is 0 Å². The number of hydrogen-bond acceptors (Lipinski definition) is 4. The molecule has 1 amide bonds. The van der Waals surface area contributed by atoms with Gasteiger partial charge in [0.15, 0.2) is 0 Å². The van der Waals surface area contributed by atoms with E-state index in [1.165, 1.54) is 6.07 Å². The van der Waals surface area contributed by atoms with Crippen molar-refractivity contribution < 1.29 is 9.53 Å². The van der Waals surface area contributed by atoms with Crippen molar-refractivity contribution in [3.05, 3.63) is 50.7 Å². The smallest absolute Gasteiger partial charge is 0.270 e. The summed E-state index contributed by atoms with van der Waals surface area (Å²) in [5.41, 5.74) is 3.71. The predicted molar refractivity (Wildman–Crippen MR) is 88.8 cm³/mol. The summed E-state index contributed by atoms with van der Waals surface area (Å²) in [5.74, 6) is -0.189. The molecule has 128 valence electrons. The van der Waals surface area contributed by atoms with E-state index < -0.39 is 0 Å². The number of carbonyl (C=O) groups is 1. The number of aromatic amines is 1. The van der Waals surface area contributed by atoms with E-state index in [0.717, 1.165) is 22.5 Å². The molecule has 1 aliphatic rings. The second kappa shape index (κ2) is 6.24. The normalized spacial score (nSPS) is 19.8. The fourth-order valence-electron chi connectivity index (χ4n) is 3.27. The van der Waals surface area contributed by atoms with Crippen LogP contribution in [0.3, 0.4) is 0 Å². The Morgan fingerprint density at radius 1 is 1.46 bits per heavy atom. The Hall–Kier alpha value is -2.41. The minimum atomic E-state index is -0.189. The van der Waals surface area contributed by atoms with Gasteiger partial charge in [0.05, 0.1) is 17.9 Å². The SMILES string of the molecule is Cc1cc(CNC(=O)c2c3c(nn2C)[C@H](C)O[C@H](C)C3)cc(=O)[nH]1. The molecular formula is C17H22N4O3. The van der Waals surface area contributed by atoms with E-state index in [1.807, 2.05) is 26.8 Å². The first-order valence-electron chi connectivity index (χ1n) is 8.04. The molecule has 7 nitrogen and oxygen atoms in total. The van der Waals surface area contributed by atoms with Crippen LogP contribution < -0.4 is 10.9 Å². The molecule has 0 saturated carbocycles. The van der Waals surface area contributed by atoms with E-state index in [1.54, 1.807) is 11.7 Å². The maximum absolute atomic E-state index is 12.7. The quantitative estimate of drug-likeness (QED) is 0.889. The largest absolute Gasteiger partial charge is 0.369 e. The van der Waals surface area contributed by atoms with Gasteiger partial charge in [-0.2, -0.15) is 5.10 Å². The zero-order valence-corrected chi connectivity index (χ0v) is 14.3. The van der Waals surface area contributed by atoms with Crippen LogP contribution in [0.4, 0.5) is 0 Å². The highest BCUT2D eigenvalue weighted by Gasteiger charge is 2.31. The van der Waals surface area contributed by atoms with E-state index in [2.05, 4.69) is 15.4 Å². The summed E-state index contributed by atoms with van der Waals surface area (Å²) in [7, 11) is 1.77. The Balaban J connectivity index is 1.82. The number of H-pyrrole nitrogens is 1. The highest BCUT2D eigenvalue weighted by atomic mass is 16.5. The van der Waals surface area contributed by atoms with Crippen molar-refractivity contribution in [2.75, 3.05) is 0 Å². The van der Waals surface area contributed by atoms with Crippen LogP contribution in [-0.4, -0.2) is 26.8 Å². The molecule has 2 aromatic rings. The van der Waals surface area contributed by atoms with E-state index in [0.29, 0.717) is 18.7 Å². The maximum atomic E-state index is 12.7. The number of ether oxygens (including phenoxy) is 1. The van der Waals surface area contributed by atoms with Gasteiger partial charge in [0.25, 0.3) is 5.91 Å². The van der Waals surface area contributed by atoms with Crippen LogP contribution in [0.15, 0.2) is 16.9 Å². The van der Waals surface area contributed by atoms with Gasteiger partial charge >= 0.3 is 0 Å². The van der Waals surface area contributed by atoms with Crippen molar-refractivity contribution in [1.29, 1.82) is 0 Å². The van der Waals surface area contributed by atoms with Crippen LogP contribution in [0.1, 0.15) is 53.0 Å². The Bertz CT molecular complexity index is 837. The van der Waals surface area contributed by atoms with E-state index in [-0.39, 0.29) is 23.7 Å². The molecule has 3 rings (SSSR count). The van der Waals surface area contributed by atoms with Crippen molar-refractivity contribution in [2.24, 2.45) is 7.05 Å². The van der Waals surface area contributed by atoms with Gasteiger partial charge in [0.2, 0.25) is 5.56 Å². The van der Waals surface area contributed by atoms with Gasteiger partial charge in [-0.05, 0) is 32.4 Å². The number of aryl methyl sites for hydroxylation is 2. The lowest BCUT2D eigenvalue weighted by atomic mass is 9.99. The molecule has 24 heavy (non-hydrogen) atoms. The molecule has 3 heterocycles. The summed E-state index contributed by atoms with van der Waals surface area (Å²) in [6, 6.07) is 3.34. The minimum Gasteiger partial charge on any atom is -0.369 e. The van der Waals surface area contributed by atoms with Crippen molar-refractivity contribution in [3.63, 3.8) is 0 Å². The molecule has 0 radical (unpaired) electrons. The topological polar surface area (TPSA) is 89.0 Å². The van der Waals surface area contributed by atoms with E-state index in [9.17, 15) is 9.59 Å². The zero-order chi connectivity index (χ0) is 17.4. The van der Waals surface area contributed by atoms with Gasteiger partial charge in [0.1, 0.15) is 5.69 Å². The average Bonchev–Trinajstić information content (AvgIpc) is 2.80. The molecule has 0 saturated heterocycles. The molecule has 7 heteroatoms. The standard InChI is InChI=1S/C17H22N4O3/c1-9-5-12(7-14(22)19-9)8-18-17(23)16-13-6-10(2)24-11(3)15(13)20-21(16)4/h5,7,10-11H,6,8H2,1-4H3,(H,18,23)(H,19,22)/t10-,11+/m1/s1. The van der Waals surface area contributed by atoms with Gasteiger partial charge in [-0.3, -0.25) is 14.3 Å². The van der Waals surface area contributed by atoms with Gasteiger partial charge < -0.3 is 15.0 Å². The van der Waals surface area contributed by atoms with Crippen LogP contribution in [0.25, 0.3) is 0 Å². The predicted octanol–water partition coefficient (Wildman–Crippen LogP) is 1.37. The molecule has 1 aliphatic heterocycles. The summed E-state index contributed by atoms with van der Waals surface area (Å²) < 4.78 is 7.38. The first-order chi connectivity index (χ1) is 11.3. The Morgan fingerprint density at radius 3 is 2.92 bits per heavy atom. The molecule has 0 aromatic carbocycles. The minimum absolute atomic E-state index is 0.0542. The molecule has 2 aromatic heterocycles. The Kier molecular flexibility index (Phi) is 4.28. The van der Waals surface area contributed by atoms with Gasteiger partial charge in [-0.25, -0.2) is 0 Å². The monoisotopic (exact) mass is 330 g/mol. The molecule has 2 atom stereocenters. The second-order valence-corrected chi connectivity index (χ2v) is 6.35. The first-order valence-corrected chi connectivity index (χ1v) is 8.04. The number of rotatable bonds is 3. The van der Waals surface area contributed by atoms with Gasteiger partial charge in [-0.15, -0.1) is 0 Å². The molecule has 2 N–H and O–H groups in total. The van der Waals surface area contributed by atoms with Crippen molar-refractivity contribution in [2.45, 2.75) is 45.9 Å². The van der Waals surface area contributed by atoms with Crippen LogP contribution in [-0.2, 0) is 24.8 Å². The van der Waals surface area contributed by atoms with Crippen LogP contribution in [0.2, 0.25) is 0 Å². The zero-order valence-electron chi connectivity index (χ0n) is 14.3. The lowest BCUT2D eigenvalue weighted by Crippen LogP contribution is -2.28. The highest BCUT2D eigenvalue weighted by Crippen LogP contribution is 2.31. The number of aromatic nitrogens is 3. The number of amides is 1. The third-order valence-corrected chi connectivity index (χ3v) is 4.20. The average molecular weight is 330 g/mol. The fraction of sp³-hybridized carbons (Fsp3) is 0.471. The molecule has 0 unspecified atom stereocenters. The van der Waals surface area contributed by atoms with E-state index >= 15 is 0 Å². The summed E-state index contributed by atoms with van der Waals surface area (Å²) in [4.78, 5) is 26.9. The van der Waals surface area contributed by atoms with Crippen molar-refractivity contribution >= 4 is 5.91 Å². The Morgan fingerprint density at radius 2 is 2.21 bits per heavy atom. The number of fused-ring (bicyclic) bond motifs is 1. The third-order valence-electron chi connectivity index (χ3n) is 4.20. The number of hydrogen-bond donors (Lipinski definition) is 2.